The Bertz CT molecular complexity index is 451. The van der Waals surface area contributed by atoms with Gasteiger partial charge >= 0.3 is 0 Å². The summed E-state index contributed by atoms with van der Waals surface area (Å²) in [4.78, 5) is 11.8. The van der Waals surface area contributed by atoms with E-state index in [0.717, 1.165) is 42.6 Å². The van der Waals surface area contributed by atoms with Gasteiger partial charge in [-0.1, -0.05) is 6.07 Å². The van der Waals surface area contributed by atoms with Crippen molar-refractivity contribution in [1.29, 1.82) is 0 Å². The molecule has 1 amide bonds. The van der Waals surface area contributed by atoms with E-state index >= 15 is 0 Å². The van der Waals surface area contributed by atoms with Crippen LogP contribution in [0.25, 0.3) is 0 Å². The van der Waals surface area contributed by atoms with Crippen molar-refractivity contribution in [2.75, 3.05) is 13.6 Å². The molecule has 104 valence electrons. The second kappa shape index (κ2) is 6.91. The van der Waals surface area contributed by atoms with Crippen molar-refractivity contribution in [3.63, 3.8) is 0 Å². The lowest BCUT2D eigenvalue weighted by Gasteiger charge is -2.17. The van der Waals surface area contributed by atoms with Gasteiger partial charge in [0, 0.05) is 13.1 Å². The lowest BCUT2D eigenvalue weighted by atomic mass is 10.1. The van der Waals surface area contributed by atoms with Crippen LogP contribution in [-0.4, -0.2) is 25.6 Å². The summed E-state index contributed by atoms with van der Waals surface area (Å²) in [6.45, 7) is 1.56. The number of carbonyl (C=O) groups is 1. The fraction of sp³-hybridized carbons (Fsp3) is 0.500. The van der Waals surface area contributed by atoms with Crippen LogP contribution in [0.5, 0.6) is 5.75 Å². The summed E-state index contributed by atoms with van der Waals surface area (Å²) < 4.78 is 6.72. The van der Waals surface area contributed by atoms with Crippen molar-refractivity contribution in [1.82, 2.24) is 10.6 Å². The molecule has 4 nitrogen and oxygen atoms in total. The second-order valence-corrected chi connectivity index (χ2v) is 5.54. The van der Waals surface area contributed by atoms with Crippen molar-refractivity contribution < 1.29 is 9.53 Å². The minimum Gasteiger partial charge on any atom is -0.479 e. The summed E-state index contributed by atoms with van der Waals surface area (Å²) in [6.07, 6.45) is 2.43. The van der Waals surface area contributed by atoms with Crippen molar-refractivity contribution in [2.45, 2.75) is 31.9 Å². The van der Waals surface area contributed by atoms with Gasteiger partial charge in [0.2, 0.25) is 0 Å². The normalized spacial score (nSPS) is 19.7. The minimum absolute atomic E-state index is 0.0105. The fourth-order valence-corrected chi connectivity index (χ4v) is 2.65. The Morgan fingerprint density at radius 3 is 3.05 bits per heavy atom. The van der Waals surface area contributed by atoms with E-state index in [0.29, 0.717) is 0 Å². The van der Waals surface area contributed by atoms with E-state index in [1.807, 2.05) is 25.2 Å². The molecule has 1 aliphatic rings. The largest absolute Gasteiger partial charge is 0.479 e. The first kappa shape index (κ1) is 14.3. The summed E-state index contributed by atoms with van der Waals surface area (Å²) in [7, 11) is 1.91. The summed E-state index contributed by atoms with van der Waals surface area (Å²) >= 11 is 3.50. The number of ether oxygens (including phenoxy) is 1. The van der Waals surface area contributed by atoms with Crippen molar-refractivity contribution in [2.24, 2.45) is 0 Å². The number of halogens is 1. The number of amides is 1. The maximum Gasteiger partial charge on any atom is 0.261 e. The van der Waals surface area contributed by atoms with Gasteiger partial charge in [0.25, 0.3) is 5.91 Å². The van der Waals surface area contributed by atoms with Crippen LogP contribution in [0.15, 0.2) is 22.7 Å². The maximum absolute atomic E-state index is 11.8. The number of rotatable bonds is 4. The Kier molecular flexibility index (Phi) is 5.22. The minimum atomic E-state index is -0.381. The topological polar surface area (TPSA) is 50.4 Å². The lowest BCUT2D eigenvalue weighted by molar-refractivity contribution is -0.127. The van der Waals surface area contributed by atoms with Crippen LogP contribution >= 0.6 is 15.9 Å². The molecule has 1 atom stereocenters. The van der Waals surface area contributed by atoms with Crippen LogP contribution in [0.3, 0.4) is 0 Å². The molecule has 2 N–H and O–H groups in total. The molecule has 1 aliphatic heterocycles. The Morgan fingerprint density at radius 2 is 2.32 bits per heavy atom. The Hall–Kier alpha value is -1.07. The predicted molar refractivity (Wildman–Crippen MR) is 78.2 cm³/mol. The zero-order valence-electron chi connectivity index (χ0n) is 11.0. The van der Waals surface area contributed by atoms with Crippen molar-refractivity contribution in [3.05, 3.63) is 28.2 Å². The highest BCUT2D eigenvalue weighted by molar-refractivity contribution is 9.10. The van der Waals surface area contributed by atoms with Gasteiger partial charge < -0.3 is 15.4 Å². The summed E-state index contributed by atoms with van der Waals surface area (Å²) in [5, 5.41) is 5.98. The third kappa shape index (κ3) is 3.94. The predicted octanol–water partition coefficient (Wildman–Crippen LogP) is 2.22. The molecular weight excluding hydrogens is 308 g/mol. The van der Waals surface area contributed by atoms with Gasteiger partial charge in [-0.2, -0.15) is 0 Å². The zero-order chi connectivity index (χ0) is 13.7. The molecule has 0 aromatic heterocycles. The Labute approximate surface area is 122 Å². The molecule has 1 heterocycles. The molecule has 2 rings (SSSR count). The zero-order valence-corrected chi connectivity index (χ0v) is 12.6. The number of benzene rings is 1. The van der Waals surface area contributed by atoms with E-state index in [4.69, 9.17) is 4.74 Å². The van der Waals surface area contributed by atoms with Crippen LogP contribution in [0.4, 0.5) is 0 Å². The van der Waals surface area contributed by atoms with E-state index in [1.165, 1.54) is 5.56 Å². The molecule has 1 fully saturated rings. The number of nitrogens with one attached hydrogen (secondary N) is 2. The van der Waals surface area contributed by atoms with E-state index in [9.17, 15) is 4.79 Å². The highest BCUT2D eigenvalue weighted by Gasteiger charge is 2.22. The van der Waals surface area contributed by atoms with Crippen LogP contribution in [0.1, 0.15) is 24.8 Å². The Balaban J connectivity index is 2.07. The maximum atomic E-state index is 11.8. The van der Waals surface area contributed by atoms with Gasteiger partial charge in [-0.3, -0.25) is 4.79 Å². The molecule has 1 aromatic rings. The molecule has 0 spiro atoms. The molecule has 1 aromatic carbocycles. The van der Waals surface area contributed by atoms with Gasteiger partial charge in [-0.05, 0) is 59.9 Å². The van der Waals surface area contributed by atoms with E-state index in [-0.39, 0.29) is 12.0 Å². The van der Waals surface area contributed by atoms with E-state index in [2.05, 4.69) is 26.6 Å². The third-order valence-corrected chi connectivity index (χ3v) is 3.75. The first-order chi connectivity index (χ1) is 9.20. The quantitative estimate of drug-likeness (QED) is 0.892. The van der Waals surface area contributed by atoms with Crippen LogP contribution in [-0.2, 0) is 11.3 Å². The van der Waals surface area contributed by atoms with Crippen LogP contribution in [0, 0.1) is 0 Å². The number of hydrogen-bond donors (Lipinski definition) is 2. The molecule has 0 radical (unpaired) electrons. The number of carbonyl (C=O) groups excluding carboxylic acids is 1. The van der Waals surface area contributed by atoms with Gasteiger partial charge in [0.05, 0.1) is 4.47 Å². The highest BCUT2D eigenvalue weighted by atomic mass is 79.9. The van der Waals surface area contributed by atoms with Crippen molar-refractivity contribution >= 4 is 21.8 Å². The smallest absolute Gasteiger partial charge is 0.261 e. The monoisotopic (exact) mass is 326 g/mol. The summed E-state index contributed by atoms with van der Waals surface area (Å²) in [5.74, 6) is 0.714. The van der Waals surface area contributed by atoms with Crippen LogP contribution in [0.2, 0.25) is 0 Å². The van der Waals surface area contributed by atoms with E-state index < -0.39 is 0 Å². The van der Waals surface area contributed by atoms with Gasteiger partial charge in [-0.25, -0.2) is 0 Å². The van der Waals surface area contributed by atoms with E-state index in [1.54, 1.807) is 0 Å². The average Bonchev–Trinajstić information content (AvgIpc) is 2.58. The van der Waals surface area contributed by atoms with Gasteiger partial charge in [0.1, 0.15) is 5.75 Å². The SMILES string of the molecule is CNCc1ccc(OC2CCCCNC2=O)c(Br)c1. The molecular formula is C14H19BrN2O2. The molecule has 0 aliphatic carbocycles. The average molecular weight is 327 g/mol. The Morgan fingerprint density at radius 1 is 1.47 bits per heavy atom. The van der Waals surface area contributed by atoms with Crippen molar-refractivity contribution in [3.8, 4) is 5.75 Å². The third-order valence-electron chi connectivity index (χ3n) is 3.13. The first-order valence-electron chi connectivity index (χ1n) is 6.58. The molecule has 0 saturated carbocycles. The lowest BCUT2D eigenvalue weighted by Crippen LogP contribution is -2.36. The first-order valence-corrected chi connectivity index (χ1v) is 7.37. The van der Waals surface area contributed by atoms with Crippen LogP contribution < -0.4 is 15.4 Å². The summed E-state index contributed by atoms with van der Waals surface area (Å²) in [6, 6.07) is 5.93. The number of hydrogen-bond acceptors (Lipinski definition) is 3. The fourth-order valence-electron chi connectivity index (χ4n) is 2.13. The molecule has 1 unspecified atom stereocenters. The van der Waals surface area contributed by atoms with Gasteiger partial charge in [-0.15, -0.1) is 0 Å². The standard InChI is InChI=1S/C14H19BrN2O2/c1-16-9-10-5-6-12(11(15)8-10)19-13-4-2-3-7-17-14(13)18/h5-6,8,13,16H,2-4,7,9H2,1H3,(H,17,18). The molecule has 0 bridgehead atoms. The van der Waals surface area contributed by atoms with Gasteiger partial charge in [0.15, 0.2) is 6.10 Å². The summed E-state index contributed by atoms with van der Waals surface area (Å²) in [5.41, 5.74) is 1.17. The molecule has 5 heteroatoms. The highest BCUT2D eigenvalue weighted by Crippen LogP contribution is 2.28. The molecule has 1 saturated heterocycles. The second-order valence-electron chi connectivity index (χ2n) is 4.69. The molecule has 19 heavy (non-hydrogen) atoms.